The number of nitrogens with zero attached hydrogens (tertiary/aromatic N) is 3. The van der Waals surface area contributed by atoms with Crippen LogP contribution in [0, 0.1) is 5.92 Å². The van der Waals surface area contributed by atoms with E-state index in [1.54, 1.807) is 41.5 Å². The van der Waals surface area contributed by atoms with Crippen LogP contribution in [0.25, 0.3) is 5.82 Å². The Bertz CT molecular complexity index is 614. The molecular formula is C14H17N5O2. The third kappa shape index (κ3) is 3.09. The number of aliphatic hydroxyl groups excluding tert-OH is 1. The number of hydrogen-bond acceptors (Lipinski definition) is 5. The molecular weight excluding hydrogens is 270 g/mol. The monoisotopic (exact) mass is 287 g/mol. The maximum Gasteiger partial charge on any atom is 0.251 e. The van der Waals surface area contributed by atoms with Crippen LogP contribution < -0.4 is 10.6 Å². The minimum absolute atomic E-state index is 0.0568. The first-order chi connectivity index (χ1) is 10.2. The number of carbonyl (C=O) groups excluding carboxylic acids is 1. The SMILES string of the molecule is O=C(NCC1CNCC1O)c1ccnc(-n2cccn2)c1. The number of nitrogens with one attached hydrogen (secondary N) is 2. The Morgan fingerprint density at radius 3 is 3.10 bits per heavy atom. The molecule has 2 aromatic rings. The summed E-state index contributed by atoms with van der Waals surface area (Å²) in [5.41, 5.74) is 0.524. The molecule has 3 N–H and O–H groups in total. The summed E-state index contributed by atoms with van der Waals surface area (Å²) in [4.78, 5) is 16.3. The van der Waals surface area contributed by atoms with Crippen LogP contribution >= 0.6 is 0 Å². The summed E-state index contributed by atoms with van der Waals surface area (Å²) in [6.07, 6.45) is 4.60. The van der Waals surface area contributed by atoms with Gasteiger partial charge in [0.25, 0.3) is 5.91 Å². The lowest BCUT2D eigenvalue weighted by Crippen LogP contribution is -2.34. The lowest BCUT2D eigenvalue weighted by Gasteiger charge is -2.14. The number of pyridine rings is 1. The van der Waals surface area contributed by atoms with Crippen LogP contribution in [0.5, 0.6) is 0 Å². The standard InChI is InChI=1S/C14H17N5O2/c20-12-9-15-7-11(12)8-17-14(21)10-2-4-16-13(6-10)19-5-1-3-18-19/h1-6,11-12,15,20H,7-9H2,(H,17,21). The van der Waals surface area contributed by atoms with Crippen molar-refractivity contribution in [2.75, 3.05) is 19.6 Å². The fourth-order valence-corrected chi connectivity index (χ4v) is 2.34. The molecule has 7 nitrogen and oxygen atoms in total. The Kier molecular flexibility index (Phi) is 3.94. The predicted octanol–water partition coefficient (Wildman–Crippen LogP) is -0.423. The van der Waals surface area contributed by atoms with E-state index >= 15 is 0 Å². The van der Waals surface area contributed by atoms with E-state index in [2.05, 4.69) is 20.7 Å². The molecule has 2 aromatic heterocycles. The highest BCUT2D eigenvalue weighted by atomic mass is 16.3. The largest absolute Gasteiger partial charge is 0.391 e. The van der Waals surface area contributed by atoms with Gasteiger partial charge in [0.15, 0.2) is 5.82 Å². The molecule has 2 atom stereocenters. The van der Waals surface area contributed by atoms with Gasteiger partial charge in [-0.2, -0.15) is 5.10 Å². The lowest BCUT2D eigenvalue weighted by atomic mass is 10.1. The van der Waals surface area contributed by atoms with E-state index in [-0.39, 0.29) is 11.8 Å². The summed E-state index contributed by atoms with van der Waals surface area (Å²) in [5.74, 6) is 0.474. The van der Waals surface area contributed by atoms with Crippen LogP contribution in [0.4, 0.5) is 0 Å². The number of β-amino-alcohol motifs (C(OH)–C–C–N with tert-alkyl or cyclic N) is 1. The number of amides is 1. The molecule has 1 fully saturated rings. The summed E-state index contributed by atoms with van der Waals surface area (Å²) >= 11 is 0. The molecule has 3 rings (SSSR count). The summed E-state index contributed by atoms with van der Waals surface area (Å²) < 4.78 is 1.60. The van der Waals surface area contributed by atoms with E-state index in [0.29, 0.717) is 24.5 Å². The maximum atomic E-state index is 12.2. The number of carbonyl (C=O) groups is 1. The molecule has 0 bridgehead atoms. The minimum Gasteiger partial charge on any atom is -0.391 e. The first-order valence-electron chi connectivity index (χ1n) is 6.87. The van der Waals surface area contributed by atoms with Crippen molar-refractivity contribution in [3.63, 3.8) is 0 Å². The molecule has 0 aromatic carbocycles. The molecule has 1 saturated heterocycles. The fraction of sp³-hybridized carbons (Fsp3) is 0.357. The Labute approximate surface area is 122 Å². The van der Waals surface area contributed by atoms with Gasteiger partial charge in [-0.25, -0.2) is 9.67 Å². The maximum absolute atomic E-state index is 12.2. The van der Waals surface area contributed by atoms with Gasteiger partial charge in [0.05, 0.1) is 6.10 Å². The molecule has 1 aliphatic heterocycles. The fourth-order valence-electron chi connectivity index (χ4n) is 2.34. The number of aliphatic hydroxyl groups is 1. The van der Waals surface area contributed by atoms with Crippen LogP contribution in [0.15, 0.2) is 36.8 Å². The van der Waals surface area contributed by atoms with Gasteiger partial charge in [0.1, 0.15) is 0 Å². The topological polar surface area (TPSA) is 92.1 Å². The van der Waals surface area contributed by atoms with E-state index in [4.69, 9.17) is 0 Å². The second kappa shape index (κ2) is 6.02. The van der Waals surface area contributed by atoms with Crippen molar-refractivity contribution < 1.29 is 9.90 Å². The predicted molar refractivity (Wildman–Crippen MR) is 76.1 cm³/mol. The van der Waals surface area contributed by atoms with Crippen molar-refractivity contribution in [3.05, 3.63) is 42.4 Å². The smallest absolute Gasteiger partial charge is 0.251 e. The Morgan fingerprint density at radius 2 is 2.38 bits per heavy atom. The lowest BCUT2D eigenvalue weighted by molar-refractivity contribution is 0.0927. The molecule has 0 spiro atoms. The molecule has 0 radical (unpaired) electrons. The summed E-state index contributed by atoms with van der Waals surface area (Å²) in [6.45, 7) is 1.75. The molecule has 21 heavy (non-hydrogen) atoms. The minimum atomic E-state index is -0.401. The van der Waals surface area contributed by atoms with Crippen molar-refractivity contribution in [1.29, 1.82) is 0 Å². The van der Waals surface area contributed by atoms with Crippen LogP contribution in [0.3, 0.4) is 0 Å². The van der Waals surface area contributed by atoms with Crippen LogP contribution in [0.1, 0.15) is 10.4 Å². The van der Waals surface area contributed by atoms with Gasteiger partial charge in [-0.3, -0.25) is 4.79 Å². The molecule has 1 amide bonds. The molecule has 110 valence electrons. The normalized spacial score (nSPS) is 21.4. The van der Waals surface area contributed by atoms with Crippen LogP contribution in [-0.2, 0) is 0 Å². The number of aromatic nitrogens is 3. The first-order valence-corrected chi connectivity index (χ1v) is 6.87. The summed E-state index contributed by atoms with van der Waals surface area (Å²) in [5, 5.41) is 19.7. The van der Waals surface area contributed by atoms with E-state index in [1.807, 2.05) is 0 Å². The van der Waals surface area contributed by atoms with Gasteiger partial charge in [-0.1, -0.05) is 0 Å². The molecule has 3 heterocycles. The van der Waals surface area contributed by atoms with E-state index < -0.39 is 6.10 Å². The molecule has 2 unspecified atom stereocenters. The second-order valence-electron chi connectivity index (χ2n) is 5.05. The highest BCUT2D eigenvalue weighted by Crippen LogP contribution is 2.09. The van der Waals surface area contributed by atoms with E-state index in [1.165, 1.54) is 0 Å². The molecule has 7 heteroatoms. The average Bonchev–Trinajstić information content (AvgIpc) is 3.16. The third-order valence-corrected chi connectivity index (χ3v) is 3.58. The van der Waals surface area contributed by atoms with Gasteiger partial charge in [-0.05, 0) is 18.2 Å². The van der Waals surface area contributed by atoms with Crippen LogP contribution in [-0.4, -0.2) is 51.5 Å². The Morgan fingerprint density at radius 1 is 1.48 bits per heavy atom. The van der Waals surface area contributed by atoms with Gasteiger partial charge in [-0.15, -0.1) is 0 Å². The van der Waals surface area contributed by atoms with Crippen molar-refractivity contribution >= 4 is 5.91 Å². The molecule has 0 aliphatic carbocycles. The van der Waals surface area contributed by atoms with Gasteiger partial charge in [0, 0.05) is 49.7 Å². The van der Waals surface area contributed by atoms with Crippen molar-refractivity contribution in [1.82, 2.24) is 25.4 Å². The van der Waals surface area contributed by atoms with Gasteiger partial charge < -0.3 is 15.7 Å². The van der Waals surface area contributed by atoms with Crippen molar-refractivity contribution in [2.24, 2.45) is 5.92 Å². The van der Waals surface area contributed by atoms with Crippen molar-refractivity contribution in [2.45, 2.75) is 6.10 Å². The number of hydrogen-bond donors (Lipinski definition) is 3. The molecule has 1 aliphatic rings. The zero-order valence-electron chi connectivity index (χ0n) is 11.4. The highest BCUT2D eigenvalue weighted by Gasteiger charge is 2.25. The average molecular weight is 287 g/mol. The summed E-state index contributed by atoms with van der Waals surface area (Å²) in [7, 11) is 0. The highest BCUT2D eigenvalue weighted by molar-refractivity contribution is 5.94. The van der Waals surface area contributed by atoms with Gasteiger partial charge >= 0.3 is 0 Å². The van der Waals surface area contributed by atoms with E-state index in [0.717, 1.165) is 6.54 Å². The van der Waals surface area contributed by atoms with Crippen LogP contribution in [0.2, 0.25) is 0 Å². The zero-order chi connectivity index (χ0) is 14.7. The van der Waals surface area contributed by atoms with E-state index in [9.17, 15) is 9.90 Å². The zero-order valence-corrected chi connectivity index (χ0v) is 11.4. The molecule has 0 saturated carbocycles. The second-order valence-corrected chi connectivity index (χ2v) is 5.05. The number of rotatable bonds is 4. The van der Waals surface area contributed by atoms with Gasteiger partial charge in [0.2, 0.25) is 0 Å². The first kappa shape index (κ1) is 13.7. The Hall–Kier alpha value is -2.25. The Balaban J connectivity index is 1.66. The quantitative estimate of drug-likeness (QED) is 0.710. The third-order valence-electron chi connectivity index (χ3n) is 3.58. The summed E-state index contributed by atoms with van der Waals surface area (Å²) in [6, 6.07) is 5.14. The van der Waals surface area contributed by atoms with Crippen molar-refractivity contribution in [3.8, 4) is 5.82 Å².